The zero-order chi connectivity index (χ0) is 27.1. The number of anilines is 1. The van der Waals surface area contributed by atoms with Crippen molar-refractivity contribution in [1.29, 1.82) is 0 Å². The number of aromatic nitrogens is 1. The van der Waals surface area contributed by atoms with Crippen LogP contribution >= 0.6 is 11.3 Å². The Kier molecular flexibility index (Phi) is 6.54. The maximum atomic E-state index is 13.6. The smallest absolute Gasteiger partial charge is 0.301 e. The number of rotatable bonds is 6. The van der Waals surface area contributed by atoms with Gasteiger partial charge in [0.05, 0.1) is 43.2 Å². The summed E-state index contributed by atoms with van der Waals surface area (Å²) in [5.41, 5.74) is 3.61. The molecule has 5 rings (SSSR count). The summed E-state index contributed by atoms with van der Waals surface area (Å²) in [6.45, 7) is 3.90. The van der Waals surface area contributed by atoms with E-state index in [1.807, 2.05) is 44.2 Å². The van der Waals surface area contributed by atoms with E-state index in [9.17, 15) is 14.7 Å². The lowest BCUT2D eigenvalue weighted by Crippen LogP contribution is -2.29. The number of amides is 1. The number of carbonyl (C=O) groups excluding carboxylic acids is 2. The number of aliphatic hydroxyl groups excluding tert-OH is 1. The Morgan fingerprint density at radius 2 is 1.53 bits per heavy atom. The van der Waals surface area contributed by atoms with Crippen molar-refractivity contribution in [2.24, 2.45) is 0 Å². The van der Waals surface area contributed by atoms with Gasteiger partial charge >= 0.3 is 5.91 Å². The molecule has 3 aromatic carbocycles. The van der Waals surface area contributed by atoms with Crippen LogP contribution in [-0.4, -0.2) is 43.1 Å². The molecule has 194 valence electrons. The zero-order valence-electron chi connectivity index (χ0n) is 21.6. The van der Waals surface area contributed by atoms with Gasteiger partial charge in [-0.15, -0.1) is 0 Å². The molecule has 0 aliphatic carbocycles. The number of carbonyl (C=O) groups is 2. The van der Waals surface area contributed by atoms with Crippen molar-refractivity contribution in [3.63, 3.8) is 0 Å². The van der Waals surface area contributed by atoms with Crippen molar-refractivity contribution >= 4 is 44.1 Å². The lowest BCUT2D eigenvalue weighted by molar-refractivity contribution is -0.132. The fraction of sp³-hybridized carbons (Fsp3) is 0.207. The minimum Gasteiger partial charge on any atom is -0.507 e. The summed E-state index contributed by atoms with van der Waals surface area (Å²) in [6, 6.07) is 15.2. The molecule has 1 aromatic heterocycles. The average Bonchev–Trinajstić information content (AvgIpc) is 3.45. The van der Waals surface area contributed by atoms with Gasteiger partial charge in [-0.1, -0.05) is 47.2 Å². The molecule has 1 amide bonds. The number of nitrogens with zero attached hydrogens (tertiary/aromatic N) is 2. The van der Waals surface area contributed by atoms with Gasteiger partial charge in [-0.2, -0.15) is 0 Å². The molecule has 1 aliphatic rings. The van der Waals surface area contributed by atoms with Crippen LogP contribution in [0.5, 0.6) is 17.2 Å². The maximum Gasteiger partial charge on any atom is 0.301 e. The summed E-state index contributed by atoms with van der Waals surface area (Å²) in [5.74, 6) is -0.804. The third-order valence-electron chi connectivity index (χ3n) is 6.51. The molecule has 0 unspecified atom stereocenters. The number of ether oxygens (including phenoxy) is 3. The molecule has 0 radical (unpaired) electrons. The third kappa shape index (κ3) is 4.14. The monoisotopic (exact) mass is 530 g/mol. The Bertz CT molecular complexity index is 1580. The van der Waals surface area contributed by atoms with Gasteiger partial charge in [0, 0.05) is 5.56 Å². The number of hydrogen-bond donors (Lipinski definition) is 1. The quantitative estimate of drug-likeness (QED) is 0.198. The second-order valence-corrected chi connectivity index (χ2v) is 9.97. The van der Waals surface area contributed by atoms with E-state index in [4.69, 9.17) is 14.2 Å². The van der Waals surface area contributed by atoms with Crippen LogP contribution in [0.15, 0.2) is 60.2 Å². The van der Waals surface area contributed by atoms with E-state index in [2.05, 4.69) is 4.98 Å². The van der Waals surface area contributed by atoms with E-state index >= 15 is 0 Å². The number of thiazole rings is 1. The van der Waals surface area contributed by atoms with Crippen molar-refractivity contribution in [2.75, 3.05) is 26.2 Å². The molecule has 1 atom stereocenters. The van der Waals surface area contributed by atoms with Crippen LogP contribution in [0.4, 0.5) is 5.13 Å². The molecule has 1 aliphatic heterocycles. The summed E-state index contributed by atoms with van der Waals surface area (Å²) >= 11 is 1.30. The third-order valence-corrected chi connectivity index (χ3v) is 7.53. The van der Waals surface area contributed by atoms with Gasteiger partial charge in [0.25, 0.3) is 5.78 Å². The van der Waals surface area contributed by atoms with Crippen LogP contribution in [-0.2, 0) is 9.59 Å². The van der Waals surface area contributed by atoms with Crippen molar-refractivity contribution in [1.82, 2.24) is 4.98 Å². The van der Waals surface area contributed by atoms with Gasteiger partial charge < -0.3 is 19.3 Å². The normalized spacial score (nSPS) is 16.8. The molecule has 0 bridgehead atoms. The highest BCUT2D eigenvalue weighted by molar-refractivity contribution is 7.22. The molecule has 38 heavy (non-hydrogen) atoms. The van der Waals surface area contributed by atoms with Crippen LogP contribution < -0.4 is 19.1 Å². The Balaban J connectivity index is 1.78. The van der Waals surface area contributed by atoms with Crippen molar-refractivity contribution < 1.29 is 28.9 Å². The first-order chi connectivity index (χ1) is 18.3. The number of fused-ring (bicyclic) bond motifs is 1. The van der Waals surface area contributed by atoms with Crippen LogP contribution in [0, 0.1) is 13.8 Å². The lowest BCUT2D eigenvalue weighted by Gasteiger charge is -2.24. The topological polar surface area (TPSA) is 98.2 Å². The van der Waals surface area contributed by atoms with Gasteiger partial charge in [0.2, 0.25) is 5.75 Å². The van der Waals surface area contributed by atoms with Gasteiger partial charge in [-0.3, -0.25) is 14.5 Å². The van der Waals surface area contributed by atoms with Gasteiger partial charge in [0.15, 0.2) is 16.6 Å². The van der Waals surface area contributed by atoms with Crippen LogP contribution in [0.3, 0.4) is 0 Å². The molecule has 2 heterocycles. The number of methoxy groups -OCH3 is 3. The molecule has 1 fully saturated rings. The maximum absolute atomic E-state index is 13.6. The van der Waals surface area contributed by atoms with Gasteiger partial charge in [0.1, 0.15) is 5.76 Å². The second-order valence-electron chi connectivity index (χ2n) is 8.96. The lowest BCUT2D eigenvalue weighted by atomic mass is 9.94. The molecule has 8 nitrogen and oxygen atoms in total. The average molecular weight is 531 g/mol. The van der Waals surface area contributed by atoms with Crippen LogP contribution in [0.25, 0.3) is 16.0 Å². The van der Waals surface area contributed by atoms with Crippen molar-refractivity contribution in [3.8, 4) is 17.2 Å². The number of ketones is 1. The van der Waals surface area contributed by atoms with E-state index in [1.54, 1.807) is 24.3 Å². The summed E-state index contributed by atoms with van der Waals surface area (Å²) in [4.78, 5) is 33.1. The summed E-state index contributed by atoms with van der Waals surface area (Å²) < 4.78 is 17.4. The highest BCUT2D eigenvalue weighted by Gasteiger charge is 2.48. The minimum absolute atomic E-state index is 0.0523. The molecule has 4 aromatic rings. The van der Waals surface area contributed by atoms with E-state index < -0.39 is 17.7 Å². The molecule has 0 saturated carbocycles. The SMILES string of the molecule is COc1cc([C@@H]2/C(=C(\O)c3ccc(C)cc3)C(=O)C(=O)N2c2nc3ccc(C)cc3s2)cc(OC)c1OC. The first-order valence-electron chi connectivity index (χ1n) is 11.8. The molecule has 1 N–H and O–H groups in total. The van der Waals surface area contributed by atoms with E-state index in [-0.39, 0.29) is 11.3 Å². The Labute approximate surface area is 223 Å². The fourth-order valence-corrected chi connectivity index (χ4v) is 5.68. The Hall–Kier alpha value is -4.37. The molecule has 0 spiro atoms. The predicted octanol–water partition coefficient (Wildman–Crippen LogP) is 5.57. The molecular formula is C29H26N2O6S. The number of Topliss-reactive ketones (excluding diaryl/α,β-unsaturated/α-hetero) is 1. The first-order valence-corrected chi connectivity index (χ1v) is 12.6. The van der Waals surface area contributed by atoms with Crippen molar-refractivity contribution in [3.05, 3.63) is 82.4 Å². The second kappa shape index (κ2) is 9.83. The van der Waals surface area contributed by atoms with E-state index in [0.29, 0.717) is 39.0 Å². The number of benzene rings is 3. The Morgan fingerprint density at radius 3 is 2.13 bits per heavy atom. The zero-order valence-corrected chi connectivity index (χ0v) is 22.4. The van der Waals surface area contributed by atoms with Crippen LogP contribution in [0.1, 0.15) is 28.3 Å². The summed E-state index contributed by atoms with van der Waals surface area (Å²) in [6.07, 6.45) is 0. The van der Waals surface area contributed by atoms with E-state index in [1.165, 1.54) is 37.6 Å². The number of hydrogen-bond acceptors (Lipinski definition) is 8. The molecule has 9 heteroatoms. The number of aliphatic hydroxyl groups is 1. The standard InChI is InChI=1S/C29H26N2O6S/c1-15-6-9-17(10-7-15)25(32)23-24(18-13-20(35-3)27(37-5)21(14-18)36-4)31(28(34)26(23)33)29-30-19-11-8-16(2)12-22(19)38-29/h6-14,24,32H,1-5H3/b25-23+/t24-/m1/s1. The fourth-order valence-electron chi connectivity index (χ4n) is 4.59. The van der Waals surface area contributed by atoms with Crippen LogP contribution in [0.2, 0.25) is 0 Å². The minimum atomic E-state index is -0.994. The first kappa shape index (κ1) is 25.3. The van der Waals surface area contributed by atoms with Gasteiger partial charge in [-0.05, 0) is 49.2 Å². The highest BCUT2D eigenvalue weighted by atomic mass is 32.1. The van der Waals surface area contributed by atoms with Gasteiger partial charge in [-0.25, -0.2) is 4.98 Å². The molecule has 1 saturated heterocycles. The highest BCUT2D eigenvalue weighted by Crippen LogP contribution is 2.48. The number of aryl methyl sites for hydroxylation is 2. The summed E-state index contributed by atoms with van der Waals surface area (Å²) in [7, 11) is 4.47. The van der Waals surface area contributed by atoms with E-state index in [0.717, 1.165) is 15.8 Å². The molecular weight excluding hydrogens is 504 g/mol. The Morgan fingerprint density at radius 1 is 0.895 bits per heavy atom. The largest absolute Gasteiger partial charge is 0.507 e. The summed E-state index contributed by atoms with van der Waals surface area (Å²) in [5, 5.41) is 11.7. The van der Waals surface area contributed by atoms with Crippen molar-refractivity contribution in [2.45, 2.75) is 19.9 Å². The predicted molar refractivity (Wildman–Crippen MR) is 146 cm³/mol.